The summed E-state index contributed by atoms with van der Waals surface area (Å²) in [5.74, 6) is -0.479. The van der Waals surface area contributed by atoms with Gasteiger partial charge in [-0.05, 0) is 24.3 Å². The fraction of sp³-hybridized carbons (Fsp3) is 0.0667. The van der Waals surface area contributed by atoms with E-state index in [0.29, 0.717) is 11.3 Å². The average Bonchev–Trinajstić information content (AvgIpc) is 2.97. The molecule has 5 heteroatoms. The molecule has 1 N–H and O–H groups in total. The van der Waals surface area contributed by atoms with Crippen molar-refractivity contribution in [2.45, 2.75) is 6.10 Å². The summed E-state index contributed by atoms with van der Waals surface area (Å²) in [7, 11) is 0. The van der Waals surface area contributed by atoms with Crippen molar-refractivity contribution >= 4 is 0 Å². The second kappa shape index (κ2) is 5.22. The number of aromatic nitrogens is 3. The van der Waals surface area contributed by atoms with E-state index in [1.807, 2.05) is 30.3 Å². The molecule has 2 aromatic heterocycles. The van der Waals surface area contributed by atoms with Gasteiger partial charge >= 0.3 is 0 Å². The van der Waals surface area contributed by atoms with Crippen LogP contribution in [-0.2, 0) is 0 Å². The van der Waals surface area contributed by atoms with Crippen molar-refractivity contribution in [1.82, 2.24) is 14.8 Å². The van der Waals surface area contributed by atoms with Crippen molar-refractivity contribution in [1.29, 1.82) is 0 Å². The monoisotopic (exact) mass is 269 g/mol. The van der Waals surface area contributed by atoms with Gasteiger partial charge in [-0.15, -0.1) is 0 Å². The standard InChI is InChI=1S/C15H12FN3O/c16-12-8-11(9-17-10-12)15(20)14-6-7-18-19(14)13-4-2-1-3-5-13/h1-10,15,20H. The Morgan fingerprint density at radius 3 is 2.65 bits per heavy atom. The van der Waals surface area contributed by atoms with Gasteiger partial charge in [0.1, 0.15) is 11.9 Å². The highest BCUT2D eigenvalue weighted by Gasteiger charge is 2.17. The zero-order valence-electron chi connectivity index (χ0n) is 10.5. The molecule has 3 aromatic rings. The van der Waals surface area contributed by atoms with Gasteiger partial charge in [-0.2, -0.15) is 5.10 Å². The maximum Gasteiger partial charge on any atom is 0.141 e. The molecule has 0 aliphatic carbocycles. The van der Waals surface area contributed by atoms with Crippen molar-refractivity contribution < 1.29 is 9.50 Å². The average molecular weight is 269 g/mol. The SMILES string of the molecule is OC(c1cncc(F)c1)c1ccnn1-c1ccccc1. The third-order valence-corrected chi connectivity index (χ3v) is 2.99. The number of benzene rings is 1. The van der Waals surface area contributed by atoms with Gasteiger partial charge in [-0.3, -0.25) is 4.98 Å². The number of hydrogen-bond donors (Lipinski definition) is 1. The minimum Gasteiger partial charge on any atom is -0.382 e. The van der Waals surface area contributed by atoms with Gasteiger partial charge in [0.2, 0.25) is 0 Å². The zero-order valence-corrected chi connectivity index (χ0v) is 10.5. The first-order valence-corrected chi connectivity index (χ1v) is 6.13. The maximum absolute atomic E-state index is 13.2. The van der Waals surface area contributed by atoms with E-state index in [-0.39, 0.29) is 0 Å². The molecule has 0 aliphatic rings. The fourth-order valence-corrected chi connectivity index (χ4v) is 2.05. The van der Waals surface area contributed by atoms with Crippen LogP contribution in [0.25, 0.3) is 5.69 Å². The number of para-hydroxylation sites is 1. The summed E-state index contributed by atoms with van der Waals surface area (Å²) in [4.78, 5) is 3.75. The highest BCUT2D eigenvalue weighted by Crippen LogP contribution is 2.23. The lowest BCUT2D eigenvalue weighted by molar-refractivity contribution is 0.211. The first-order chi connectivity index (χ1) is 9.75. The lowest BCUT2D eigenvalue weighted by Crippen LogP contribution is -2.09. The van der Waals surface area contributed by atoms with E-state index in [1.54, 1.807) is 16.9 Å². The Kier molecular flexibility index (Phi) is 3.26. The molecule has 100 valence electrons. The molecule has 1 atom stereocenters. The molecule has 1 aromatic carbocycles. The van der Waals surface area contributed by atoms with Gasteiger partial charge in [0, 0.05) is 18.0 Å². The quantitative estimate of drug-likeness (QED) is 0.794. The van der Waals surface area contributed by atoms with Crippen LogP contribution in [0, 0.1) is 5.82 Å². The number of aliphatic hydroxyl groups excluding tert-OH is 1. The summed E-state index contributed by atoms with van der Waals surface area (Å²) in [6.45, 7) is 0. The van der Waals surface area contributed by atoms with Crippen LogP contribution in [0.4, 0.5) is 4.39 Å². The zero-order chi connectivity index (χ0) is 13.9. The van der Waals surface area contributed by atoms with Crippen LogP contribution < -0.4 is 0 Å². The Morgan fingerprint density at radius 1 is 1.10 bits per heavy atom. The normalized spacial score (nSPS) is 12.3. The fourth-order valence-electron chi connectivity index (χ4n) is 2.05. The largest absolute Gasteiger partial charge is 0.382 e. The minimum atomic E-state index is -0.985. The van der Waals surface area contributed by atoms with Crippen LogP contribution in [0.5, 0.6) is 0 Å². The Morgan fingerprint density at radius 2 is 1.90 bits per heavy atom. The van der Waals surface area contributed by atoms with E-state index in [2.05, 4.69) is 10.1 Å². The van der Waals surface area contributed by atoms with E-state index < -0.39 is 11.9 Å². The third-order valence-electron chi connectivity index (χ3n) is 2.99. The summed E-state index contributed by atoms with van der Waals surface area (Å²) < 4.78 is 14.8. The van der Waals surface area contributed by atoms with Gasteiger partial charge in [0.05, 0.1) is 17.6 Å². The number of halogens is 1. The Labute approximate surface area is 115 Å². The van der Waals surface area contributed by atoms with Crippen molar-refractivity contribution in [3.05, 3.63) is 78.1 Å². The van der Waals surface area contributed by atoms with Crippen molar-refractivity contribution in [3.63, 3.8) is 0 Å². The molecule has 0 bridgehead atoms. The topological polar surface area (TPSA) is 50.9 Å². The second-order valence-corrected chi connectivity index (χ2v) is 4.34. The van der Waals surface area contributed by atoms with Crippen LogP contribution in [0.2, 0.25) is 0 Å². The molecule has 0 fully saturated rings. The number of aliphatic hydroxyl groups is 1. The molecule has 2 heterocycles. The van der Waals surface area contributed by atoms with Crippen molar-refractivity contribution in [2.24, 2.45) is 0 Å². The molecule has 0 saturated heterocycles. The van der Waals surface area contributed by atoms with Crippen LogP contribution in [-0.4, -0.2) is 19.9 Å². The Bertz CT molecular complexity index is 712. The van der Waals surface area contributed by atoms with E-state index in [9.17, 15) is 9.50 Å². The molecule has 0 amide bonds. The summed E-state index contributed by atoms with van der Waals surface area (Å²) >= 11 is 0. The number of pyridine rings is 1. The maximum atomic E-state index is 13.2. The minimum absolute atomic E-state index is 0.391. The van der Waals surface area contributed by atoms with E-state index in [4.69, 9.17) is 0 Å². The molecule has 4 nitrogen and oxygen atoms in total. The molecule has 1 unspecified atom stereocenters. The molecular weight excluding hydrogens is 257 g/mol. The van der Waals surface area contributed by atoms with E-state index in [0.717, 1.165) is 11.9 Å². The lowest BCUT2D eigenvalue weighted by atomic mass is 10.1. The molecule has 20 heavy (non-hydrogen) atoms. The predicted octanol–water partition coefficient (Wildman–Crippen LogP) is 2.49. The Balaban J connectivity index is 2.02. The van der Waals surface area contributed by atoms with Gasteiger partial charge in [0.25, 0.3) is 0 Å². The van der Waals surface area contributed by atoms with E-state index >= 15 is 0 Å². The van der Waals surface area contributed by atoms with E-state index in [1.165, 1.54) is 12.3 Å². The molecule has 0 radical (unpaired) electrons. The van der Waals surface area contributed by atoms with Crippen molar-refractivity contribution in [2.75, 3.05) is 0 Å². The summed E-state index contributed by atoms with van der Waals surface area (Å²) in [6.07, 6.45) is 3.15. The van der Waals surface area contributed by atoms with Crippen LogP contribution in [0.15, 0.2) is 61.1 Å². The first-order valence-electron chi connectivity index (χ1n) is 6.13. The first kappa shape index (κ1) is 12.5. The molecule has 0 aliphatic heterocycles. The second-order valence-electron chi connectivity index (χ2n) is 4.34. The van der Waals surface area contributed by atoms with Crippen LogP contribution in [0.3, 0.4) is 0 Å². The summed E-state index contributed by atoms with van der Waals surface area (Å²) in [6, 6.07) is 12.4. The highest BCUT2D eigenvalue weighted by molar-refractivity contribution is 5.35. The number of hydrogen-bond acceptors (Lipinski definition) is 3. The smallest absolute Gasteiger partial charge is 0.141 e. The molecule has 0 spiro atoms. The molecule has 3 rings (SSSR count). The Hall–Kier alpha value is -2.53. The lowest BCUT2D eigenvalue weighted by Gasteiger charge is -2.13. The highest BCUT2D eigenvalue weighted by atomic mass is 19.1. The number of nitrogens with zero attached hydrogens (tertiary/aromatic N) is 3. The third kappa shape index (κ3) is 2.31. The summed E-state index contributed by atoms with van der Waals surface area (Å²) in [5.41, 5.74) is 1.78. The summed E-state index contributed by atoms with van der Waals surface area (Å²) in [5, 5.41) is 14.6. The van der Waals surface area contributed by atoms with Crippen LogP contribution >= 0.6 is 0 Å². The predicted molar refractivity (Wildman–Crippen MR) is 71.8 cm³/mol. The number of rotatable bonds is 3. The van der Waals surface area contributed by atoms with Crippen LogP contribution in [0.1, 0.15) is 17.4 Å². The van der Waals surface area contributed by atoms with Gasteiger partial charge in [-0.1, -0.05) is 18.2 Å². The molecular formula is C15H12FN3O. The van der Waals surface area contributed by atoms with Gasteiger partial charge in [-0.25, -0.2) is 9.07 Å². The van der Waals surface area contributed by atoms with Gasteiger partial charge in [0.15, 0.2) is 0 Å². The van der Waals surface area contributed by atoms with Crippen molar-refractivity contribution in [3.8, 4) is 5.69 Å². The van der Waals surface area contributed by atoms with Gasteiger partial charge < -0.3 is 5.11 Å². The molecule has 0 saturated carbocycles.